The van der Waals surface area contributed by atoms with E-state index in [-0.39, 0.29) is 6.10 Å². The first-order valence-corrected chi connectivity index (χ1v) is 6.92. The molecule has 0 heterocycles. The van der Waals surface area contributed by atoms with Crippen molar-refractivity contribution in [2.45, 2.75) is 25.9 Å². The molecule has 1 aromatic carbocycles. The molecule has 19 heavy (non-hydrogen) atoms. The molecule has 2 N–H and O–H groups in total. The van der Waals surface area contributed by atoms with Crippen LogP contribution in [0.3, 0.4) is 0 Å². The van der Waals surface area contributed by atoms with Gasteiger partial charge in [0.25, 0.3) is 0 Å². The van der Waals surface area contributed by atoms with Gasteiger partial charge in [0.2, 0.25) is 0 Å². The first kappa shape index (κ1) is 13.9. The number of primary amides is 1. The molecule has 1 atom stereocenters. The lowest BCUT2D eigenvalue weighted by Crippen LogP contribution is -2.33. The molecule has 1 aliphatic carbocycles. The average molecular weight is 262 g/mol. The van der Waals surface area contributed by atoms with Crippen molar-refractivity contribution in [3.05, 3.63) is 35.9 Å². The Balaban J connectivity index is 2.01. The summed E-state index contributed by atoms with van der Waals surface area (Å²) in [6.45, 7) is 4.89. The van der Waals surface area contributed by atoms with Crippen molar-refractivity contribution in [2.24, 2.45) is 11.7 Å². The second-order valence-corrected chi connectivity index (χ2v) is 5.13. The monoisotopic (exact) mass is 262 g/mol. The van der Waals surface area contributed by atoms with Crippen molar-refractivity contribution in [1.82, 2.24) is 4.90 Å². The minimum atomic E-state index is -0.712. The molecule has 1 aromatic rings. The molecule has 4 heteroatoms. The Morgan fingerprint density at radius 1 is 1.42 bits per heavy atom. The molecule has 0 aliphatic heterocycles. The zero-order valence-electron chi connectivity index (χ0n) is 11.4. The number of nitrogens with two attached hydrogens (primary N) is 1. The first-order chi connectivity index (χ1) is 9.19. The lowest BCUT2D eigenvalue weighted by Gasteiger charge is -2.26. The Bertz CT molecular complexity index is 404. The lowest BCUT2D eigenvalue weighted by atomic mass is 10.1. The van der Waals surface area contributed by atoms with Crippen LogP contribution >= 0.6 is 0 Å². The Labute approximate surface area is 114 Å². The Hall–Kier alpha value is -1.55. The van der Waals surface area contributed by atoms with Crippen LogP contribution in [0, 0.1) is 5.92 Å². The predicted molar refractivity (Wildman–Crippen MR) is 74.7 cm³/mol. The molecule has 1 amide bonds. The number of hydrogen-bond donors (Lipinski definition) is 1. The molecule has 2 rings (SSSR count). The molecule has 0 saturated heterocycles. The highest BCUT2D eigenvalue weighted by atomic mass is 16.6. The molecule has 1 unspecified atom stereocenters. The number of ether oxygens (including phenoxy) is 1. The van der Waals surface area contributed by atoms with Crippen LogP contribution in [0.2, 0.25) is 0 Å². The van der Waals surface area contributed by atoms with E-state index in [1.807, 2.05) is 30.3 Å². The van der Waals surface area contributed by atoms with E-state index in [4.69, 9.17) is 10.5 Å². The normalized spacial score (nSPS) is 16.3. The van der Waals surface area contributed by atoms with Crippen LogP contribution < -0.4 is 5.73 Å². The standard InChI is InChI=1S/C15H22N2O2/c1-2-17(10-12-8-9-12)11-14(19-15(16)18)13-6-4-3-5-7-13/h3-7,12,14H,2,8-11H2,1H3,(H2,16,18). The molecule has 0 aromatic heterocycles. The quantitative estimate of drug-likeness (QED) is 0.821. The minimum absolute atomic E-state index is 0.280. The molecule has 1 saturated carbocycles. The summed E-state index contributed by atoms with van der Waals surface area (Å²) in [5, 5.41) is 0. The Morgan fingerprint density at radius 3 is 2.63 bits per heavy atom. The van der Waals surface area contributed by atoms with E-state index in [0.29, 0.717) is 6.54 Å². The third-order valence-corrected chi connectivity index (χ3v) is 3.51. The molecule has 104 valence electrons. The summed E-state index contributed by atoms with van der Waals surface area (Å²) in [6.07, 6.45) is 1.65. The minimum Gasteiger partial charge on any atom is -0.440 e. The Morgan fingerprint density at radius 2 is 2.11 bits per heavy atom. The number of benzene rings is 1. The fraction of sp³-hybridized carbons (Fsp3) is 0.533. The average Bonchev–Trinajstić information content (AvgIpc) is 3.21. The van der Waals surface area contributed by atoms with Gasteiger partial charge in [-0.3, -0.25) is 4.90 Å². The number of rotatable bonds is 7. The second-order valence-electron chi connectivity index (χ2n) is 5.13. The zero-order valence-corrected chi connectivity index (χ0v) is 11.4. The van der Waals surface area contributed by atoms with Gasteiger partial charge < -0.3 is 10.5 Å². The summed E-state index contributed by atoms with van der Waals surface area (Å²) in [6, 6.07) is 9.79. The fourth-order valence-electron chi connectivity index (χ4n) is 2.25. The highest BCUT2D eigenvalue weighted by molar-refractivity contribution is 5.65. The van der Waals surface area contributed by atoms with Crippen LogP contribution in [-0.4, -0.2) is 30.6 Å². The topological polar surface area (TPSA) is 55.6 Å². The van der Waals surface area contributed by atoms with E-state index in [9.17, 15) is 4.79 Å². The summed E-state index contributed by atoms with van der Waals surface area (Å²) >= 11 is 0. The molecular weight excluding hydrogens is 240 g/mol. The number of amides is 1. The summed E-state index contributed by atoms with van der Waals surface area (Å²) in [4.78, 5) is 13.4. The van der Waals surface area contributed by atoms with Crippen molar-refractivity contribution in [3.63, 3.8) is 0 Å². The molecule has 0 spiro atoms. The third kappa shape index (κ3) is 4.56. The van der Waals surface area contributed by atoms with Crippen LogP contribution in [0.5, 0.6) is 0 Å². The van der Waals surface area contributed by atoms with Crippen molar-refractivity contribution in [3.8, 4) is 0 Å². The van der Waals surface area contributed by atoms with Gasteiger partial charge in [-0.25, -0.2) is 4.79 Å². The molecule has 1 aliphatic rings. The van der Waals surface area contributed by atoms with E-state index in [1.165, 1.54) is 12.8 Å². The maximum absolute atomic E-state index is 11.1. The van der Waals surface area contributed by atoms with Crippen molar-refractivity contribution >= 4 is 6.09 Å². The maximum atomic E-state index is 11.1. The molecule has 4 nitrogen and oxygen atoms in total. The second kappa shape index (κ2) is 6.57. The van der Waals surface area contributed by atoms with Gasteiger partial charge in [0.15, 0.2) is 0 Å². The van der Waals surface area contributed by atoms with Crippen molar-refractivity contribution in [2.75, 3.05) is 19.6 Å². The van der Waals surface area contributed by atoms with Crippen LogP contribution in [0.4, 0.5) is 4.79 Å². The lowest BCUT2D eigenvalue weighted by molar-refractivity contribution is 0.0761. The van der Waals surface area contributed by atoms with Crippen molar-refractivity contribution in [1.29, 1.82) is 0 Å². The Kier molecular flexibility index (Phi) is 4.80. The van der Waals surface area contributed by atoms with Gasteiger partial charge in [0, 0.05) is 13.1 Å². The summed E-state index contributed by atoms with van der Waals surface area (Å²) < 4.78 is 5.27. The summed E-state index contributed by atoms with van der Waals surface area (Å²) in [5.41, 5.74) is 6.18. The number of carbonyl (C=O) groups excluding carboxylic acids is 1. The number of hydrogen-bond acceptors (Lipinski definition) is 3. The molecule has 0 radical (unpaired) electrons. The largest absolute Gasteiger partial charge is 0.440 e. The molecular formula is C15H22N2O2. The fourth-order valence-corrected chi connectivity index (χ4v) is 2.25. The van der Waals surface area contributed by atoms with E-state index in [1.54, 1.807) is 0 Å². The number of carbonyl (C=O) groups is 1. The van der Waals surface area contributed by atoms with Crippen LogP contribution in [0.25, 0.3) is 0 Å². The smallest absolute Gasteiger partial charge is 0.405 e. The van der Waals surface area contributed by atoms with Gasteiger partial charge >= 0.3 is 6.09 Å². The highest BCUT2D eigenvalue weighted by Gasteiger charge is 2.26. The van der Waals surface area contributed by atoms with Crippen molar-refractivity contribution < 1.29 is 9.53 Å². The van der Waals surface area contributed by atoms with Gasteiger partial charge in [-0.15, -0.1) is 0 Å². The van der Waals surface area contributed by atoms with Gasteiger partial charge in [0.05, 0.1) is 0 Å². The zero-order chi connectivity index (χ0) is 13.7. The van der Waals surface area contributed by atoms with E-state index in [2.05, 4.69) is 11.8 Å². The summed E-state index contributed by atoms with van der Waals surface area (Å²) in [7, 11) is 0. The van der Waals surface area contributed by atoms with Gasteiger partial charge in [-0.2, -0.15) is 0 Å². The van der Waals surface area contributed by atoms with Crippen LogP contribution in [0.1, 0.15) is 31.4 Å². The SMILES string of the molecule is CCN(CC1CC1)CC(OC(N)=O)c1ccccc1. The number of nitrogens with zero attached hydrogens (tertiary/aromatic N) is 1. The maximum Gasteiger partial charge on any atom is 0.405 e. The van der Waals surface area contributed by atoms with Gasteiger partial charge in [-0.05, 0) is 30.9 Å². The number of likely N-dealkylation sites (N-methyl/N-ethyl adjacent to an activating group) is 1. The molecule has 0 bridgehead atoms. The first-order valence-electron chi connectivity index (χ1n) is 6.92. The van der Waals surface area contributed by atoms with E-state index >= 15 is 0 Å². The molecule has 1 fully saturated rings. The summed E-state index contributed by atoms with van der Waals surface area (Å²) in [5.74, 6) is 0.824. The predicted octanol–water partition coefficient (Wildman–Crippen LogP) is 2.55. The van der Waals surface area contributed by atoms with E-state index in [0.717, 1.165) is 24.6 Å². The third-order valence-electron chi connectivity index (χ3n) is 3.51. The van der Waals surface area contributed by atoms with Crippen LogP contribution in [0.15, 0.2) is 30.3 Å². The van der Waals surface area contributed by atoms with Crippen LogP contribution in [-0.2, 0) is 4.74 Å². The van der Waals surface area contributed by atoms with Gasteiger partial charge in [-0.1, -0.05) is 37.3 Å². The highest BCUT2D eigenvalue weighted by Crippen LogP contribution is 2.30. The van der Waals surface area contributed by atoms with Gasteiger partial charge in [0.1, 0.15) is 6.10 Å². The van der Waals surface area contributed by atoms with E-state index < -0.39 is 6.09 Å².